The van der Waals surface area contributed by atoms with Crippen LogP contribution >= 0.6 is 11.8 Å². The van der Waals surface area contributed by atoms with Crippen molar-refractivity contribution in [3.63, 3.8) is 0 Å². The van der Waals surface area contributed by atoms with Crippen molar-refractivity contribution in [3.05, 3.63) is 48.5 Å². The Hall–Kier alpha value is -2.87. The van der Waals surface area contributed by atoms with E-state index in [2.05, 4.69) is 33.1 Å². The van der Waals surface area contributed by atoms with E-state index >= 15 is 0 Å². The standard InChI is InChI=1S/C23H30N4O3S/c1-2-11-24-22(28)17-26-23(25-12-15-31-19-7-4-3-5-8-19)27-18-9-10-20-21(16-18)30-14-6-13-29-20/h3-5,7-10,16H,2,6,11-15,17H2,1H3,(H,24,28)(H2,25,26,27). The lowest BCUT2D eigenvalue weighted by molar-refractivity contribution is -0.119. The van der Waals surface area contributed by atoms with E-state index in [9.17, 15) is 4.79 Å². The van der Waals surface area contributed by atoms with Crippen molar-refractivity contribution in [2.24, 2.45) is 4.99 Å². The SMILES string of the molecule is CCCNC(=O)CN=C(NCCSc1ccccc1)Nc1ccc2c(c1)OCCCO2. The number of fused-ring (bicyclic) bond motifs is 1. The van der Waals surface area contributed by atoms with Crippen LogP contribution in [0.5, 0.6) is 11.5 Å². The normalized spacial score (nSPS) is 13.3. The summed E-state index contributed by atoms with van der Waals surface area (Å²) in [6.45, 7) is 4.72. The Labute approximate surface area is 188 Å². The Morgan fingerprint density at radius 1 is 1.03 bits per heavy atom. The van der Waals surface area contributed by atoms with Crippen LogP contribution in [-0.4, -0.2) is 50.5 Å². The van der Waals surface area contributed by atoms with E-state index < -0.39 is 0 Å². The maximum absolute atomic E-state index is 12.0. The lowest BCUT2D eigenvalue weighted by Crippen LogP contribution is -2.34. The smallest absolute Gasteiger partial charge is 0.241 e. The Morgan fingerprint density at radius 2 is 1.84 bits per heavy atom. The molecule has 0 aliphatic carbocycles. The molecule has 7 nitrogen and oxygen atoms in total. The van der Waals surface area contributed by atoms with Gasteiger partial charge >= 0.3 is 0 Å². The first-order valence-corrected chi connectivity index (χ1v) is 11.6. The van der Waals surface area contributed by atoms with Gasteiger partial charge < -0.3 is 25.4 Å². The van der Waals surface area contributed by atoms with Gasteiger partial charge in [-0.3, -0.25) is 4.79 Å². The molecule has 0 bridgehead atoms. The second-order valence-electron chi connectivity index (χ2n) is 6.94. The highest BCUT2D eigenvalue weighted by atomic mass is 32.2. The fourth-order valence-corrected chi connectivity index (χ4v) is 3.63. The summed E-state index contributed by atoms with van der Waals surface area (Å²) in [5, 5.41) is 9.43. The second-order valence-corrected chi connectivity index (χ2v) is 8.11. The number of hydrogen-bond donors (Lipinski definition) is 3. The average molecular weight is 443 g/mol. The fourth-order valence-electron chi connectivity index (χ4n) is 2.84. The van der Waals surface area contributed by atoms with Gasteiger partial charge in [0, 0.05) is 41.9 Å². The van der Waals surface area contributed by atoms with Gasteiger partial charge in [0.15, 0.2) is 17.5 Å². The Morgan fingerprint density at radius 3 is 2.65 bits per heavy atom. The minimum absolute atomic E-state index is 0.0612. The van der Waals surface area contributed by atoms with Crippen LogP contribution in [0.1, 0.15) is 19.8 Å². The number of anilines is 1. The number of carbonyl (C=O) groups excluding carboxylic acids is 1. The number of hydrogen-bond acceptors (Lipinski definition) is 5. The van der Waals surface area contributed by atoms with Crippen LogP contribution in [-0.2, 0) is 4.79 Å². The maximum Gasteiger partial charge on any atom is 0.241 e. The van der Waals surface area contributed by atoms with E-state index in [0.29, 0.717) is 38.0 Å². The number of carbonyl (C=O) groups is 1. The summed E-state index contributed by atoms with van der Waals surface area (Å²) in [5.41, 5.74) is 0.820. The molecule has 0 saturated heterocycles. The molecule has 3 N–H and O–H groups in total. The summed E-state index contributed by atoms with van der Waals surface area (Å²) in [5.74, 6) is 2.78. The van der Waals surface area contributed by atoms with Crippen LogP contribution in [0, 0.1) is 0 Å². The zero-order valence-electron chi connectivity index (χ0n) is 17.9. The van der Waals surface area contributed by atoms with Crippen LogP contribution in [0.3, 0.4) is 0 Å². The van der Waals surface area contributed by atoms with Gasteiger partial charge in [-0.1, -0.05) is 25.1 Å². The summed E-state index contributed by atoms with van der Waals surface area (Å²) in [7, 11) is 0. The highest BCUT2D eigenvalue weighted by molar-refractivity contribution is 7.99. The number of benzene rings is 2. The first kappa shape index (κ1) is 22.8. The summed E-state index contributed by atoms with van der Waals surface area (Å²) < 4.78 is 11.5. The van der Waals surface area contributed by atoms with Crippen molar-refractivity contribution in [1.82, 2.24) is 10.6 Å². The molecule has 1 amide bonds. The Bertz CT molecular complexity index is 861. The molecule has 0 atom stereocenters. The van der Waals surface area contributed by atoms with Crippen LogP contribution < -0.4 is 25.4 Å². The molecule has 1 aliphatic heterocycles. The molecule has 3 rings (SSSR count). The van der Waals surface area contributed by atoms with E-state index in [-0.39, 0.29) is 12.5 Å². The van der Waals surface area contributed by atoms with Crippen LogP contribution in [0.15, 0.2) is 58.4 Å². The molecule has 0 aromatic heterocycles. The van der Waals surface area contributed by atoms with Crippen molar-refractivity contribution >= 4 is 29.3 Å². The van der Waals surface area contributed by atoms with Gasteiger partial charge in [-0.15, -0.1) is 11.8 Å². The molecule has 0 spiro atoms. The van der Waals surface area contributed by atoms with Crippen LogP contribution in [0.2, 0.25) is 0 Å². The minimum atomic E-state index is -0.0970. The van der Waals surface area contributed by atoms with Gasteiger partial charge in [0.2, 0.25) is 5.91 Å². The quantitative estimate of drug-likeness (QED) is 0.239. The van der Waals surface area contributed by atoms with Gasteiger partial charge in [-0.25, -0.2) is 4.99 Å². The number of guanidine groups is 1. The summed E-state index contributed by atoms with van der Waals surface area (Å²) in [6, 6.07) is 16.0. The van der Waals surface area contributed by atoms with Crippen molar-refractivity contribution in [2.45, 2.75) is 24.7 Å². The lowest BCUT2D eigenvalue weighted by atomic mass is 10.3. The number of aliphatic imine (C=N–C) groups is 1. The van der Waals surface area contributed by atoms with E-state index in [1.807, 2.05) is 43.3 Å². The molecule has 0 fully saturated rings. The predicted octanol–water partition coefficient (Wildman–Crippen LogP) is 3.52. The third kappa shape index (κ3) is 8.05. The van der Waals surface area contributed by atoms with Gasteiger partial charge in [-0.05, 0) is 30.7 Å². The Balaban J connectivity index is 1.60. The van der Waals surface area contributed by atoms with E-state index in [1.165, 1.54) is 4.90 Å². The zero-order valence-corrected chi connectivity index (χ0v) is 18.7. The zero-order chi connectivity index (χ0) is 21.7. The Kier molecular flexibility index (Phi) is 9.37. The molecule has 0 radical (unpaired) electrons. The second kappa shape index (κ2) is 12.7. The van der Waals surface area contributed by atoms with Crippen LogP contribution in [0.25, 0.3) is 0 Å². The summed E-state index contributed by atoms with van der Waals surface area (Å²) in [6.07, 6.45) is 1.75. The van der Waals surface area contributed by atoms with Crippen molar-refractivity contribution in [3.8, 4) is 11.5 Å². The molecule has 2 aromatic carbocycles. The largest absolute Gasteiger partial charge is 0.490 e. The molecule has 2 aromatic rings. The topological polar surface area (TPSA) is 84.0 Å². The summed E-state index contributed by atoms with van der Waals surface area (Å²) >= 11 is 1.76. The number of nitrogens with zero attached hydrogens (tertiary/aromatic N) is 1. The number of thioether (sulfide) groups is 1. The number of nitrogens with one attached hydrogen (secondary N) is 3. The monoisotopic (exact) mass is 442 g/mol. The third-order valence-corrected chi connectivity index (χ3v) is 5.38. The highest BCUT2D eigenvalue weighted by Crippen LogP contribution is 2.32. The van der Waals surface area contributed by atoms with Gasteiger partial charge in [0.25, 0.3) is 0 Å². The first-order chi connectivity index (χ1) is 15.2. The minimum Gasteiger partial charge on any atom is -0.490 e. The maximum atomic E-state index is 12.0. The van der Waals surface area contributed by atoms with Crippen LogP contribution in [0.4, 0.5) is 5.69 Å². The van der Waals surface area contributed by atoms with Gasteiger partial charge in [-0.2, -0.15) is 0 Å². The third-order valence-electron chi connectivity index (χ3n) is 4.37. The van der Waals surface area contributed by atoms with Crippen molar-refractivity contribution in [1.29, 1.82) is 0 Å². The molecule has 1 aliphatic rings. The lowest BCUT2D eigenvalue weighted by Gasteiger charge is -2.14. The highest BCUT2D eigenvalue weighted by Gasteiger charge is 2.12. The van der Waals surface area contributed by atoms with Gasteiger partial charge in [0.05, 0.1) is 13.2 Å². The number of rotatable bonds is 9. The molecule has 0 saturated carbocycles. The average Bonchev–Trinajstić information content (AvgIpc) is 3.04. The molecule has 8 heteroatoms. The molecule has 166 valence electrons. The molecule has 31 heavy (non-hydrogen) atoms. The van der Waals surface area contributed by atoms with Gasteiger partial charge in [0.1, 0.15) is 6.54 Å². The molecule has 0 unspecified atom stereocenters. The number of ether oxygens (including phenoxy) is 2. The number of amides is 1. The van der Waals surface area contributed by atoms with E-state index in [1.54, 1.807) is 11.8 Å². The predicted molar refractivity (Wildman–Crippen MR) is 126 cm³/mol. The van der Waals surface area contributed by atoms with E-state index in [0.717, 1.165) is 30.0 Å². The van der Waals surface area contributed by atoms with Crippen molar-refractivity contribution in [2.75, 3.05) is 43.9 Å². The summed E-state index contributed by atoms with van der Waals surface area (Å²) in [4.78, 5) is 17.7. The molecular formula is C23H30N4O3S. The first-order valence-electron chi connectivity index (χ1n) is 10.6. The molecular weight excluding hydrogens is 412 g/mol. The van der Waals surface area contributed by atoms with E-state index in [4.69, 9.17) is 9.47 Å². The van der Waals surface area contributed by atoms with Crippen molar-refractivity contribution < 1.29 is 14.3 Å². The fraction of sp³-hybridized carbons (Fsp3) is 0.391. The molecule has 1 heterocycles.